The van der Waals surface area contributed by atoms with E-state index >= 15 is 0 Å². The molecular weight excluding hydrogens is 318 g/mol. The lowest BCUT2D eigenvalue weighted by molar-refractivity contribution is 0.127. The number of hydrogen-bond donors (Lipinski definition) is 1. The lowest BCUT2D eigenvalue weighted by Crippen LogP contribution is -2.42. The van der Waals surface area contributed by atoms with Crippen LogP contribution in [0.1, 0.15) is 63.6 Å². The zero-order chi connectivity index (χ0) is 19.3. The fraction of sp³-hybridized carbons (Fsp3) is 0.500. The highest BCUT2D eigenvalue weighted by Crippen LogP contribution is 2.35. The highest BCUT2D eigenvalue weighted by molar-refractivity contribution is 5.43. The van der Waals surface area contributed by atoms with E-state index in [1.54, 1.807) is 0 Å². The van der Waals surface area contributed by atoms with Gasteiger partial charge in [-0.15, -0.1) is 0 Å². The number of nitrogens with zero attached hydrogens (tertiary/aromatic N) is 1. The summed E-state index contributed by atoms with van der Waals surface area (Å²) in [4.78, 5) is 2.59. The number of hydrogen-bond acceptors (Lipinski definition) is 2. The van der Waals surface area contributed by atoms with E-state index in [-0.39, 0.29) is 5.92 Å². The molecular formula is C24H35NO. The summed E-state index contributed by atoms with van der Waals surface area (Å²) in [5.74, 6) is 1.23. The minimum Gasteiger partial charge on any atom is -0.508 e. The monoisotopic (exact) mass is 353 g/mol. The molecule has 0 fully saturated rings. The predicted molar refractivity (Wildman–Crippen MR) is 112 cm³/mol. The fourth-order valence-electron chi connectivity index (χ4n) is 3.73. The Morgan fingerprint density at radius 2 is 1.58 bits per heavy atom. The number of rotatable bonds is 8. The number of benzene rings is 2. The third kappa shape index (κ3) is 5.11. The fourth-order valence-corrected chi connectivity index (χ4v) is 3.73. The summed E-state index contributed by atoms with van der Waals surface area (Å²) in [5, 5.41) is 10.5. The summed E-state index contributed by atoms with van der Waals surface area (Å²) in [6.07, 6.45) is 0.996. The van der Waals surface area contributed by atoms with E-state index in [0.717, 1.165) is 18.5 Å². The van der Waals surface area contributed by atoms with Gasteiger partial charge < -0.3 is 5.11 Å². The topological polar surface area (TPSA) is 23.5 Å². The zero-order valence-corrected chi connectivity index (χ0v) is 17.2. The van der Waals surface area contributed by atoms with Crippen LogP contribution in [0, 0.1) is 12.8 Å². The highest BCUT2D eigenvalue weighted by atomic mass is 16.3. The Morgan fingerprint density at radius 3 is 2.15 bits per heavy atom. The first-order chi connectivity index (χ1) is 12.3. The van der Waals surface area contributed by atoms with Crippen LogP contribution in [-0.4, -0.2) is 28.6 Å². The lowest BCUT2D eigenvalue weighted by atomic mass is 9.86. The van der Waals surface area contributed by atoms with Crippen molar-refractivity contribution >= 4 is 0 Å². The second kappa shape index (κ2) is 9.23. The van der Waals surface area contributed by atoms with Crippen LogP contribution in [0.4, 0.5) is 0 Å². The maximum atomic E-state index is 10.5. The summed E-state index contributed by atoms with van der Waals surface area (Å²) < 4.78 is 0. The van der Waals surface area contributed by atoms with Crippen molar-refractivity contribution in [2.24, 2.45) is 5.92 Å². The quantitative estimate of drug-likeness (QED) is 0.631. The molecule has 0 saturated heterocycles. The highest BCUT2D eigenvalue weighted by Gasteiger charge is 2.23. The van der Waals surface area contributed by atoms with Crippen LogP contribution >= 0.6 is 0 Å². The van der Waals surface area contributed by atoms with E-state index < -0.39 is 0 Å². The molecule has 0 aliphatic rings. The van der Waals surface area contributed by atoms with Gasteiger partial charge in [-0.05, 0) is 58.2 Å². The van der Waals surface area contributed by atoms with Crippen molar-refractivity contribution in [2.45, 2.75) is 66.0 Å². The molecule has 0 amide bonds. The zero-order valence-electron chi connectivity index (χ0n) is 17.2. The number of phenolic OH excluding ortho intramolecular Hbond substituents is 1. The first-order valence-corrected chi connectivity index (χ1v) is 9.91. The van der Waals surface area contributed by atoms with Gasteiger partial charge in [0.25, 0.3) is 0 Å². The van der Waals surface area contributed by atoms with Crippen LogP contribution in [0.2, 0.25) is 0 Å². The van der Waals surface area contributed by atoms with E-state index in [1.165, 1.54) is 11.1 Å². The second-order valence-electron chi connectivity index (χ2n) is 8.13. The van der Waals surface area contributed by atoms with Gasteiger partial charge in [0.15, 0.2) is 0 Å². The van der Waals surface area contributed by atoms with Crippen LogP contribution < -0.4 is 0 Å². The Bertz CT molecular complexity index is 678. The van der Waals surface area contributed by atoms with E-state index in [4.69, 9.17) is 0 Å². The number of aryl methyl sites for hydroxylation is 1. The average molecular weight is 354 g/mol. The molecule has 2 aromatic carbocycles. The van der Waals surface area contributed by atoms with Gasteiger partial charge >= 0.3 is 0 Å². The van der Waals surface area contributed by atoms with Crippen molar-refractivity contribution in [3.63, 3.8) is 0 Å². The van der Waals surface area contributed by atoms with E-state index in [0.29, 0.717) is 23.8 Å². The van der Waals surface area contributed by atoms with E-state index in [9.17, 15) is 5.11 Å². The van der Waals surface area contributed by atoms with Gasteiger partial charge in [0.1, 0.15) is 5.75 Å². The van der Waals surface area contributed by atoms with Crippen LogP contribution in [-0.2, 0) is 0 Å². The third-order valence-corrected chi connectivity index (χ3v) is 5.59. The number of aromatic hydroxyl groups is 1. The molecule has 1 N–H and O–H groups in total. The molecule has 0 aliphatic carbocycles. The Morgan fingerprint density at radius 1 is 0.923 bits per heavy atom. The molecule has 0 spiro atoms. The smallest absolute Gasteiger partial charge is 0.119 e. The van der Waals surface area contributed by atoms with Crippen molar-refractivity contribution < 1.29 is 5.11 Å². The van der Waals surface area contributed by atoms with Crippen molar-refractivity contribution in [1.82, 2.24) is 4.90 Å². The second-order valence-corrected chi connectivity index (χ2v) is 8.13. The predicted octanol–water partition coefficient (Wildman–Crippen LogP) is 5.98. The molecule has 2 nitrogen and oxygen atoms in total. The molecule has 1 unspecified atom stereocenters. The van der Waals surface area contributed by atoms with Crippen LogP contribution in [0.3, 0.4) is 0 Å². The van der Waals surface area contributed by atoms with Gasteiger partial charge in [-0.2, -0.15) is 0 Å². The van der Waals surface area contributed by atoms with Gasteiger partial charge in [-0.3, -0.25) is 4.90 Å². The Labute approximate surface area is 159 Å². The molecule has 0 aromatic heterocycles. The lowest BCUT2D eigenvalue weighted by Gasteiger charge is -2.36. The summed E-state index contributed by atoms with van der Waals surface area (Å²) in [6, 6.07) is 17.6. The maximum absolute atomic E-state index is 10.5. The molecule has 2 rings (SSSR count). The van der Waals surface area contributed by atoms with Gasteiger partial charge in [-0.25, -0.2) is 0 Å². The molecule has 26 heavy (non-hydrogen) atoms. The largest absolute Gasteiger partial charge is 0.508 e. The van der Waals surface area contributed by atoms with Gasteiger partial charge in [-0.1, -0.05) is 61.9 Å². The molecule has 2 heteroatoms. The Kier molecular flexibility index (Phi) is 7.28. The Hall–Kier alpha value is -1.80. The molecule has 0 aliphatic heterocycles. The van der Waals surface area contributed by atoms with Crippen molar-refractivity contribution in [1.29, 1.82) is 0 Å². The van der Waals surface area contributed by atoms with E-state index in [2.05, 4.69) is 82.8 Å². The summed E-state index contributed by atoms with van der Waals surface area (Å²) >= 11 is 0. The molecule has 0 bridgehead atoms. The first-order valence-electron chi connectivity index (χ1n) is 9.91. The summed E-state index contributed by atoms with van der Waals surface area (Å²) in [5.41, 5.74) is 3.50. The molecule has 2 atom stereocenters. The van der Waals surface area contributed by atoms with Gasteiger partial charge in [0.2, 0.25) is 0 Å². The van der Waals surface area contributed by atoms with Crippen molar-refractivity contribution in [2.75, 3.05) is 6.54 Å². The normalized spacial score (nSPS) is 14.2. The molecule has 0 saturated carbocycles. The minimum absolute atomic E-state index is 0.205. The van der Waals surface area contributed by atoms with E-state index in [1.807, 2.05) is 12.1 Å². The standard InChI is InChI=1S/C24H35NO/c1-17(2)20(6)25(18(3)4)15-14-22(21-10-8-7-9-11-21)23-16-19(5)12-13-24(23)26/h7-13,16-18,20,22,26H,14-15H2,1-6H3/t20?,22-/m1/s1. The summed E-state index contributed by atoms with van der Waals surface area (Å²) in [6.45, 7) is 14.6. The van der Waals surface area contributed by atoms with Gasteiger partial charge in [0.05, 0.1) is 0 Å². The van der Waals surface area contributed by atoms with Crippen molar-refractivity contribution in [3.8, 4) is 5.75 Å². The van der Waals surface area contributed by atoms with Crippen LogP contribution in [0.15, 0.2) is 48.5 Å². The molecule has 2 aromatic rings. The minimum atomic E-state index is 0.205. The summed E-state index contributed by atoms with van der Waals surface area (Å²) in [7, 11) is 0. The average Bonchev–Trinajstić information content (AvgIpc) is 2.61. The molecule has 0 radical (unpaired) electrons. The van der Waals surface area contributed by atoms with Crippen LogP contribution in [0.25, 0.3) is 0 Å². The molecule has 142 valence electrons. The number of phenols is 1. The maximum Gasteiger partial charge on any atom is 0.119 e. The Balaban J connectivity index is 2.32. The molecule has 0 heterocycles. The van der Waals surface area contributed by atoms with Crippen LogP contribution in [0.5, 0.6) is 5.75 Å². The SMILES string of the molecule is Cc1ccc(O)c([C@H](CCN(C(C)C)C(C)C(C)C)c2ccccc2)c1. The van der Waals surface area contributed by atoms with Crippen molar-refractivity contribution in [3.05, 3.63) is 65.2 Å². The first kappa shape index (κ1) is 20.5. The van der Waals surface area contributed by atoms with Gasteiger partial charge in [0, 0.05) is 23.6 Å². The third-order valence-electron chi connectivity index (χ3n) is 5.59.